The Hall–Kier alpha value is -1.85. The summed E-state index contributed by atoms with van der Waals surface area (Å²) in [6.07, 6.45) is 3.41. The van der Waals surface area contributed by atoms with Crippen LogP contribution in [0.3, 0.4) is 0 Å². The molecule has 0 aliphatic carbocycles. The first-order valence-electron chi connectivity index (χ1n) is 8.96. The molecule has 0 saturated carbocycles. The van der Waals surface area contributed by atoms with Crippen molar-refractivity contribution in [3.63, 3.8) is 0 Å². The molecule has 1 aliphatic heterocycles. The van der Waals surface area contributed by atoms with Crippen LogP contribution < -0.4 is 5.32 Å². The van der Waals surface area contributed by atoms with Crippen molar-refractivity contribution in [1.29, 1.82) is 0 Å². The molecule has 2 rings (SSSR count). The summed E-state index contributed by atoms with van der Waals surface area (Å²) in [5.74, 6) is 1.20. The molecule has 1 fully saturated rings. The van der Waals surface area contributed by atoms with E-state index in [0.717, 1.165) is 25.8 Å². The van der Waals surface area contributed by atoms with E-state index < -0.39 is 0 Å². The second kappa shape index (κ2) is 8.31. The Labute approximate surface area is 143 Å². The van der Waals surface area contributed by atoms with Gasteiger partial charge in [-0.1, -0.05) is 25.9 Å². The third-order valence-electron chi connectivity index (χ3n) is 4.50. The normalized spacial score (nSPS) is 18.0. The molecule has 1 aromatic rings. The number of aromatic nitrogens is 1. The molecule has 0 aromatic carbocycles. The summed E-state index contributed by atoms with van der Waals surface area (Å²) < 4.78 is 5.35. The molecular weight excluding hydrogens is 306 g/mol. The molecule has 2 amide bonds. The number of likely N-dealkylation sites (tertiary alicyclic amines) is 1. The van der Waals surface area contributed by atoms with Gasteiger partial charge in [0.2, 0.25) is 5.91 Å². The van der Waals surface area contributed by atoms with Gasteiger partial charge < -0.3 is 14.7 Å². The highest BCUT2D eigenvalue weighted by Gasteiger charge is 2.30. The van der Waals surface area contributed by atoms with Gasteiger partial charge in [0.1, 0.15) is 5.56 Å². The number of nitrogens with zero attached hydrogens (tertiary/aromatic N) is 2. The molecule has 0 radical (unpaired) electrons. The lowest BCUT2D eigenvalue weighted by Crippen LogP contribution is -2.44. The predicted molar refractivity (Wildman–Crippen MR) is 91.9 cm³/mol. The molecule has 1 atom stereocenters. The van der Waals surface area contributed by atoms with Gasteiger partial charge in [-0.05, 0) is 32.1 Å². The van der Waals surface area contributed by atoms with Gasteiger partial charge in [0.25, 0.3) is 5.91 Å². The smallest absolute Gasteiger partial charge is 0.259 e. The van der Waals surface area contributed by atoms with Crippen molar-refractivity contribution in [2.45, 2.75) is 59.3 Å². The molecule has 1 aliphatic rings. The van der Waals surface area contributed by atoms with E-state index in [-0.39, 0.29) is 17.7 Å². The van der Waals surface area contributed by atoms with Gasteiger partial charge in [-0.15, -0.1) is 0 Å². The second-order valence-electron chi connectivity index (χ2n) is 6.98. The molecule has 0 unspecified atom stereocenters. The van der Waals surface area contributed by atoms with Gasteiger partial charge in [-0.25, -0.2) is 0 Å². The van der Waals surface area contributed by atoms with Crippen LogP contribution in [-0.4, -0.2) is 41.5 Å². The summed E-state index contributed by atoms with van der Waals surface area (Å²) in [5, 5.41) is 6.95. The monoisotopic (exact) mass is 335 g/mol. The van der Waals surface area contributed by atoms with Gasteiger partial charge in [0.05, 0.1) is 5.69 Å². The summed E-state index contributed by atoms with van der Waals surface area (Å²) in [6.45, 7) is 9.87. The molecule has 0 bridgehead atoms. The fourth-order valence-electron chi connectivity index (χ4n) is 3.19. The summed E-state index contributed by atoms with van der Waals surface area (Å²) in [6, 6.07) is 0. The summed E-state index contributed by atoms with van der Waals surface area (Å²) in [5.41, 5.74) is 1.27. The van der Waals surface area contributed by atoms with Crippen LogP contribution in [-0.2, 0) is 4.79 Å². The lowest BCUT2D eigenvalue weighted by molar-refractivity contribution is -0.121. The molecule has 24 heavy (non-hydrogen) atoms. The highest BCUT2D eigenvalue weighted by molar-refractivity contribution is 5.96. The fourth-order valence-corrected chi connectivity index (χ4v) is 3.19. The average molecular weight is 335 g/mol. The summed E-state index contributed by atoms with van der Waals surface area (Å²) in [7, 11) is 0. The Morgan fingerprint density at radius 1 is 1.42 bits per heavy atom. The van der Waals surface area contributed by atoms with Crippen molar-refractivity contribution < 1.29 is 14.1 Å². The number of aryl methyl sites for hydroxylation is 1. The van der Waals surface area contributed by atoms with Crippen LogP contribution in [0.25, 0.3) is 0 Å². The molecule has 134 valence electrons. The summed E-state index contributed by atoms with van der Waals surface area (Å²) >= 11 is 0. The maximum Gasteiger partial charge on any atom is 0.259 e. The molecule has 2 heterocycles. The quantitative estimate of drug-likeness (QED) is 0.867. The Morgan fingerprint density at radius 3 is 2.83 bits per heavy atom. The molecule has 1 saturated heterocycles. The van der Waals surface area contributed by atoms with Gasteiger partial charge in [0, 0.05) is 32.0 Å². The number of hydrogen-bond donors (Lipinski definition) is 1. The van der Waals surface area contributed by atoms with E-state index in [1.165, 1.54) is 0 Å². The number of piperidine rings is 1. The standard InChI is InChI=1S/C18H29N3O3/c1-5-7-15(22)19-10-14-8-6-9-21(11-14)18(23)16-13(4)20-24-17(16)12(2)3/h12,14H,5-11H2,1-4H3,(H,19,22)/t14-/m0/s1. The number of carbonyl (C=O) groups excluding carboxylic acids is 2. The lowest BCUT2D eigenvalue weighted by Gasteiger charge is -2.33. The third kappa shape index (κ3) is 4.36. The van der Waals surface area contributed by atoms with E-state index in [9.17, 15) is 9.59 Å². The summed E-state index contributed by atoms with van der Waals surface area (Å²) in [4.78, 5) is 26.5. The van der Waals surface area contributed by atoms with Crippen molar-refractivity contribution in [2.24, 2.45) is 5.92 Å². The van der Waals surface area contributed by atoms with Crippen molar-refractivity contribution >= 4 is 11.8 Å². The average Bonchev–Trinajstić information content (AvgIpc) is 2.95. The molecular formula is C18H29N3O3. The fraction of sp³-hybridized carbons (Fsp3) is 0.722. The number of amides is 2. The molecule has 6 heteroatoms. The first-order valence-corrected chi connectivity index (χ1v) is 8.96. The lowest BCUT2D eigenvalue weighted by atomic mass is 9.96. The van der Waals surface area contributed by atoms with Crippen LogP contribution in [0, 0.1) is 12.8 Å². The largest absolute Gasteiger partial charge is 0.360 e. The van der Waals surface area contributed by atoms with Crippen LogP contribution in [0.5, 0.6) is 0 Å². The van der Waals surface area contributed by atoms with Gasteiger partial charge in [-0.2, -0.15) is 0 Å². The second-order valence-corrected chi connectivity index (χ2v) is 6.98. The van der Waals surface area contributed by atoms with Crippen LogP contribution in [0.4, 0.5) is 0 Å². The maximum absolute atomic E-state index is 12.9. The number of nitrogens with one attached hydrogen (secondary N) is 1. The highest BCUT2D eigenvalue weighted by Crippen LogP contribution is 2.26. The number of rotatable bonds is 6. The van der Waals surface area contributed by atoms with Crippen LogP contribution in [0.1, 0.15) is 74.2 Å². The molecule has 6 nitrogen and oxygen atoms in total. The first-order chi connectivity index (χ1) is 11.4. The Kier molecular flexibility index (Phi) is 6.40. The van der Waals surface area contributed by atoms with Gasteiger partial charge in [0.15, 0.2) is 5.76 Å². The zero-order chi connectivity index (χ0) is 17.7. The van der Waals surface area contributed by atoms with Crippen LogP contribution >= 0.6 is 0 Å². The zero-order valence-corrected chi connectivity index (χ0v) is 15.2. The number of hydrogen-bond acceptors (Lipinski definition) is 4. The topological polar surface area (TPSA) is 75.4 Å². The van der Waals surface area contributed by atoms with E-state index in [4.69, 9.17) is 4.52 Å². The van der Waals surface area contributed by atoms with Crippen molar-refractivity contribution in [2.75, 3.05) is 19.6 Å². The van der Waals surface area contributed by atoms with Crippen molar-refractivity contribution in [3.8, 4) is 0 Å². The SMILES string of the molecule is CCCC(=O)NC[C@@H]1CCCN(C(=O)c2c(C)noc2C(C)C)C1. The highest BCUT2D eigenvalue weighted by atomic mass is 16.5. The molecule has 1 N–H and O–H groups in total. The van der Waals surface area contributed by atoms with Crippen molar-refractivity contribution in [1.82, 2.24) is 15.4 Å². The van der Waals surface area contributed by atoms with E-state index in [1.807, 2.05) is 32.6 Å². The first kappa shape index (κ1) is 18.5. The van der Waals surface area contributed by atoms with E-state index in [2.05, 4.69) is 10.5 Å². The zero-order valence-electron chi connectivity index (χ0n) is 15.2. The third-order valence-corrected chi connectivity index (χ3v) is 4.50. The van der Waals surface area contributed by atoms with Gasteiger partial charge >= 0.3 is 0 Å². The van der Waals surface area contributed by atoms with E-state index in [1.54, 1.807) is 0 Å². The predicted octanol–water partition coefficient (Wildman–Crippen LogP) is 2.87. The van der Waals surface area contributed by atoms with Crippen LogP contribution in [0.15, 0.2) is 4.52 Å². The maximum atomic E-state index is 12.9. The minimum atomic E-state index is 0.00188. The Morgan fingerprint density at radius 2 is 2.17 bits per heavy atom. The van der Waals surface area contributed by atoms with Crippen molar-refractivity contribution in [3.05, 3.63) is 17.0 Å². The van der Waals surface area contributed by atoms with Gasteiger partial charge in [-0.3, -0.25) is 9.59 Å². The minimum Gasteiger partial charge on any atom is -0.360 e. The molecule has 1 aromatic heterocycles. The number of carbonyl (C=O) groups is 2. The molecule has 0 spiro atoms. The van der Waals surface area contributed by atoms with E-state index >= 15 is 0 Å². The Bertz CT molecular complexity index is 580. The Balaban J connectivity index is 2.00. The van der Waals surface area contributed by atoms with E-state index in [0.29, 0.717) is 42.4 Å². The minimum absolute atomic E-state index is 0.00188. The van der Waals surface area contributed by atoms with Crippen LogP contribution in [0.2, 0.25) is 0 Å².